The number of fused-ring (bicyclic) bond motifs is 1. The van der Waals surface area contributed by atoms with Crippen LogP contribution in [0.3, 0.4) is 0 Å². The molecule has 2 aromatic rings. The summed E-state index contributed by atoms with van der Waals surface area (Å²) in [4.78, 5) is 0. The Kier molecular flexibility index (Phi) is 7.12. The molecule has 0 heterocycles. The van der Waals surface area contributed by atoms with E-state index in [1.807, 2.05) is 13.8 Å². The molecule has 0 heteroatoms. The average molecular weight is 290 g/mol. The van der Waals surface area contributed by atoms with Crippen molar-refractivity contribution in [1.29, 1.82) is 0 Å². The second kappa shape index (κ2) is 8.84. The second-order valence-electron chi connectivity index (χ2n) is 4.93. The third-order valence-corrected chi connectivity index (χ3v) is 3.35. The first-order valence-corrected chi connectivity index (χ1v) is 7.78. The smallest absolute Gasteiger partial charge is 0.00198 e. The number of allylic oxidation sites excluding steroid dienone is 2. The summed E-state index contributed by atoms with van der Waals surface area (Å²) in [6, 6.07) is 15.1. The highest BCUT2D eigenvalue weighted by molar-refractivity contribution is 5.78. The van der Waals surface area contributed by atoms with Gasteiger partial charge < -0.3 is 0 Å². The third-order valence-electron chi connectivity index (χ3n) is 3.35. The van der Waals surface area contributed by atoms with Crippen molar-refractivity contribution in [2.45, 2.75) is 27.2 Å². The van der Waals surface area contributed by atoms with E-state index in [9.17, 15) is 0 Å². The highest BCUT2D eigenvalue weighted by Gasteiger charge is 2.15. The fourth-order valence-corrected chi connectivity index (χ4v) is 2.16. The van der Waals surface area contributed by atoms with Gasteiger partial charge in [-0.2, -0.15) is 0 Å². The third kappa shape index (κ3) is 4.89. The molecule has 2 aromatic carbocycles. The van der Waals surface area contributed by atoms with Crippen LogP contribution in [-0.2, 0) is 6.42 Å². The molecule has 0 atom stereocenters. The first kappa shape index (κ1) is 17.7. The Morgan fingerprint density at radius 1 is 1.00 bits per heavy atom. The van der Waals surface area contributed by atoms with Gasteiger partial charge in [-0.15, -0.1) is 13.2 Å². The van der Waals surface area contributed by atoms with E-state index in [0.29, 0.717) is 0 Å². The molecular weight excluding hydrogens is 264 g/mol. The number of rotatable bonds is 3. The maximum Gasteiger partial charge on any atom is -0.00198 e. The van der Waals surface area contributed by atoms with Gasteiger partial charge in [0.2, 0.25) is 0 Å². The topological polar surface area (TPSA) is 0 Å². The molecule has 0 saturated carbocycles. The molecule has 0 bridgehead atoms. The number of hydrogen-bond acceptors (Lipinski definition) is 0. The van der Waals surface area contributed by atoms with Crippen molar-refractivity contribution < 1.29 is 0 Å². The summed E-state index contributed by atoms with van der Waals surface area (Å²) < 4.78 is 0. The highest BCUT2D eigenvalue weighted by Crippen LogP contribution is 2.30. The summed E-state index contributed by atoms with van der Waals surface area (Å²) in [7, 11) is 0. The first-order valence-electron chi connectivity index (χ1n) is 7.78. The van der Waals surface area contributed by atoms with Crippen LogP contribution >= 0.6 is 0 Å². The maximum atomic E-state index is 4.14. The lowest BCUT2D eigenvalue weighted by molar-refractivity contribution is 1.46. The molecule has 1 aliphatic carbocycles. The Morgan fingerprint density at radius 2 is 1.73 bits per heavy atom. The minimum absolute atomic E-state index is 1.08. The number of aryl methyl sites for hydroxylation is 1. The van der Waals surface area contributed by atoms with Crippen molar-refractivity contribution in [3.05, 3.63) is 96.1 Å². The lowest BCUT2D eigenvalue weighted by atomic mass is 10.1. The van der Waals surface area contributed by atoms with Crippen molar-refractivity contribution in [1.82, 2.24) is 0 Å². The van der Waals surface area contributed by atoms with Crippen LogP contribution in [0.15, 0.2) is 68.3 Å². The van der Waals surface area contributed by atoms with Crippen LogP contribution in [0.5, 0.6) is 0 Å². The summed E-state index contributed by atoms with van der Waals surface area (Å²) in [5.41, 5.74) is 7.77. The van der Waals surface area contributed by atoms with Gasteiger partial charge in [0, 0.05) is 0 Å². The minimum atomic E-state index is 1.08. The molecule has 22 heavy (non-hydrogen) atoms. The quantitative estimate of drug-likeness (QED) is 0.384. The molecule has 0 aliphatic heterocycles. The van der Waals surface area contributed by atoms with Gasteiger partial charge in [-0.25, -0.2) is 0 Å². The van der Waals surface area contributed by atoms with Gasteiger partial charge in [0.1, 0.15) is 0 Å². The summed E-state index contributed by atoms with van der Waals surface area (Å²) in [6.45, 7) is 16.3. The largest absolute Gasteiger partial charge is 0.106 e. The monoisotopic (exact) mass is 290 g/mol. The van der Waals surface area contributed by atoms with Crippen LogP contribution in [0.2, 0.25) is 0 Å². The van der Waals surface area contributed by atoms with E-state index in [1.54, 1.807) is 0 Å². The predicted octanol–water partition coefficient (Wildman–Crippen LogP) is 6.45. The zero-order valence-corrected chi connectivity index (χ0v) is 14.0. The molecule has 0 aromatic heterocycles. The molecular formula is C22H26. The molecule has 0 fully saturated rings. The van der Waals surface area contributed by atoms with E-state index >= 15 is 0 Å². The Morgan fingerprint density at radius 3 is 2.36 bits per heavy atom. The normalized spacial score (nSPS) is 10.7. The molecule has 0 radical (unpaired) electrons. The van der Waals surface area contributed by atoms with Crippen molar-refractivity contribution in [3.8, 4) is 0 Å². The van der Waals surface area contributed by atoms with Gasteiger partial charge in [-0.3, -0.25) is 0 Å². The lowest BCUT2D eigenvalue weighted by Crippen LogP contribution is -1.78. The van der Waals surface area contributed by atoms with Crippen LogP contribution in [0, 0.1) is 6.92 Å². The van der Waals surface area contributed by atoms with E-state index in [-0.39, 0.29) is 0 Å². The van der Waals surface area contributed by atoms with E-state index in [0.717, 1.165) is 12.0 Å². The molecule has 0 saturated heterocycles. The SMILES string of the molecule is C=C.C=C(/C=C/c1cccc(C)c1)c1ccc2c(c1)C2.CC. The lowest BCUT2D eigenvalue weighted by Gasteiger charge is -2.00. The van der Waals surface area contributed by atoms with Gasteiger partial charge in [0.15, 0.2) is 0 Å². The van der Waals surface area contributed by atoms with Crippen molar-refractivity contribution in [2.75, 3.05) is 0 Å². The predicted molar refractivity (Wildman–Crippen MR) is 101 cm³/mol. The van der Waals surface area contributed by atoms with Gasteiger partial charge in [0.05, 0.1) is 0 Å². The number of benzene rings is 2. The fourth-order valence-electron chi connectivity index (χ4n) is 2.16. The van der Waals surface area contributed by atoms with Crippen molar-refractivity contribution in [3.63, 3.8) is 0 Å². The zero-order chi connectivity index (χ0) is 16.5. The summed E-state index contributed by atoms with van der Waals surface area (Å²) in [5.74, 6) is 0. The summed E-state index contributed by atoms with van der Waals surface area (Å²) >= 11 is 0. The molecule has 0 nitrogen and oxygen atoms in total. The molecule has 3 rings (SSSR count). The molecule has 0 spiro atoms. The van der Waals surface area contributed by atoms with Crippen LogP contribution in [0.1, 0.15) is 41.7 Å². The second-order valence-corrected chi connectivity index (χ2v) is 4.93. The molecule has 114 valence electrons. The molecule has 1 aliphatic rings. The van der Waals surface area contributed by atoms with Gasteiger partial charge in [-0.05, 0) is 41.2 Å². The number of hydrogen-bond donors (Lipinski definition) is 0. The van der Waals surface area contributed by atoms with E-state index in [4.69, 9.17) is 0 Å². The molecule has 0 unspecified atom stereocenters. The van der Waals surface area contributed by atoms with E-state index < -0.39 is 0 Å². The minimum Gasteiger partial charge on any atom is -0.106 e. The fraction of sp³-hybridized carbons (Fsp3) is 0.182. The van der Waals surface area contributed by atoms with Crippen LogP contribution in [0.25, 0.3) is 11.6 Å². The average Bonchev–Trinajstić information content (AvgIpc) is 3.35. The summed E-state index contributed by atoms with van der Waals surface area (Å²) in [6.07, 6.45) is 5.38. The van der Waals surface area contributed by atoms with Crippen LogP contribution in [0.4, 0.5) is 0 Å². The van der Waals surface area contributed by atoms with Gasteiger partial charge >= 0.3 is 0 Å². The molecule has 0 N–H and O–H groups in total. The zero-order valence-electron chi connectivity index (χ0n) is 14.0. The van der Waals surface area contributed by atoms with E-state index in [1.165, 1.54) is 27.8 Å². The summed E-state index contributed by atoms with van der Waals surface area (Å²) in [5, 5.41) is 0. The first-order chi connectivity index (χ1) is 10.7. The van der Waals surface area contributed by atoms with E-state index in [2.05, 4.69) is 81.3 Å². The van der Waals surface area contributed by atoms with Crippen molar-refractivity contribution >= 4 is 11.6 Å². The Labute approximate surface area is 135 Å². The highest BCUT2D eigenvalue weighted by atomic mass is 14.2. The van der Waals surface area contributed by atoms with Crippen molar-refractivity contribution in [2.24, 2.45) is 0 Å². The Balaban J connectivity index is 0.000000561. The van der Waals surface area contributed by atoms with Crippen LogP contribution in [-0.4, -0.2) is 0 Å². The van der Waals surface area contributed by atoms with Gasteiger partial charge in [0.25, 0.3) is 0 Å². The standard InChI is InChI=1S/C18H16.C2H6.C2H4/c1-13-4-3-5-15(10-13)7-6-14(2)16-8-9-17-12-18(17)11-16;2*1-2/h3-11H,2,12H2,1H3;1-2H3;1-2H2/b7-6+;;. The molecule has 0 amide bonds. The Hall–Kier alpha value is -2.34. The maximum absolute atomic E-state index is 4.14. The van der Waals surface area contributed by atoms with Gasteiger partial charge in [-0.1, -0.05) is 80.6 Å². The van der Waals surface area contributed by atoms with Crippen LogP contribution < -0.4 is 0 Å². The Bertz CT molecular complexity index is 659.